The summed E-state index contributed by atoms with van der Waals surface area (Å²) in [5.74, 6) is -0.646. The Morgan fingerprint density at radius 2 is 2.26 bits per heavy atom. The lowest BCUT2D eigenvalue weighted by molar-refractivity contribution is -0.116. The first-order chi connectivity index (χ1) is 11.0. The molecule has 8 heteroatoms. The lowest BCUT2D eigenvalue weighted by Crippen LogP contribution is -2.25. The Hall–Kier alpha value is -2.19. The fourth-order valence-electron chi connectivity index (χ4n) is 2.05. The molecule has 0 aliphatic heterocycles. The number of rotatable bonds is 4. The van der Waals surface area contributed by atoms with Crippen LogP contribution in [0.25, 0.3) is 10.7 Å². The summed E-state index contributed by atoms with van der Waals surface area (Å²) in [6, 6.07) is 9.25. The van der Waals surface area contributed by atoms with Crippen LogP contribution in [0.2, 0.25) is 0 Å². The first-order valence-electron chi connectivity index (χ1n) is 6.71. The van der Waals surface area contributed by atoms with Crippen molar-refractivity contribution in [3.8, 4) is 10.7 Å². The molecule has 2 heterocycles. The SMILES string of the molecule is Cc1ccc(NC(=O)Cn2c(-c3cccs3)noc2=O)c(Br)c1. The second kappa shape index (κ2) is 6.51. The molecule has 1 aromatic carbocycles. The van der Waals surface area contributed by atoms with Gasteiger partial charge in [0.1, 0.15) is 6.54 Å². The first-order valence-corrected chi connectivity index (χ1v) is 8.38. The Bertz CT molecular complexity index is 899. The number of aromatic nitrogens is 2. The quantitative estimate of drug-likeness (QED) is 0.737. The monoisotopic (exact) mass is 393 g/mol. The van der Waals surface area contributed by atoms with E-state index in [0.717, 1.165) is 14.9 Å². The Labute approximate surface area is 143 Å². The molecule has 0 unspecified atom stereocenters. The van der Waals surface area contributed by atoms with E-state index >= 15 is 0 Å². The van der Waals surface area contributed by atoms with Crippen molar-refractivity contribution in [3.05, 3.63) is 56.3 Å². The molecule has 0 aliphatic carbocycles. The molecule has 3 rings (SSSR count). The smallest absolute Gasteiger partial charge is 0.323 e. The highest BCUT2D eigenvalue weighted by Gasteiger charge is 2.17. The van der Waals surface area contributed by atoms with Crippen LogP contribution in [-0.2, 0) is 11.3 Å². The third-order valence-electron chi connectivity index (χ3n) is 3.13. The molecule has 0 saturated heterocycles. The van der Waals surface area contributed by atoms with Crippen molar-refractivity contribution in [2.24, 2.45) is 0 Å². The molecule has 0 aliphatic rings. The van der Waals surface area contributed by atoms with Crippen LogP contribution in [0.1, 0.15) is 5.56 Å². The number of anilines is 1. The van der Waals surface area contributed by atoms with Crippen molar-refractivity contribution in [1.82, 2.24) is 9.72 Å². The van der Waals surface area contributed by atoms with E-state index in [0.29, 0.717) is 11.5 Å². The molecule has 6 nitrogen and oxygen atoms in total. The number of hydrogen-bond acceptors (Lipinski definition) is 5. The number of benzene rings is 1. The molecule has 1 amide bonds. The Kier molecular flexibility index (Phi) is 4.44. The summed E-state index contributed by atoms with van der Waals surface area (Å²) < 4.78 is 6.68. The predicted molar refractivity (Wildman–Crippen MR) is 91.6 cm³/mol. The molecule has 23 heavy (non-hydrogen) atoms. The van der Waals surface area contributed by atoms with Crippen molar-refractivity contribution in [2.75, 3.05) is 5.32 Å². The second-order valence-electron chi connectivity index (χ2n) is 4.87. The minimum absolute atomic E-state index is 0.171. The van der Waals surface area contributed by atoms with Crippen LogP contribution in [0.4, 0.5) is 5.69 Å². The van der Waals surface area contributed by atoms with Gasteiger partial charge < -0.3 is 5.32 Å². The van der Waals surface area contributed by atoms with Crippen molar-refractivity contribution < 1.29 is 9.32 Å². The van der Waals surface area contributed by atoms with Gasteiger partial charge in [0, 0.05) is 4.47 Å². The van der Waals surface area contributed by atoms with Gasteiger partial charge in [-0.2, -0.15) is 0 Å². The normalized spacial score (nSPS) is 10.7. The third kappa shape index (κ3) is 3.43. The van der Waals surface area contributed by atoms with Crippen LogP contribution in [0.3, 0.4) is 0 Å². The average molecular weight is 394 g/mol. The molecule has 0 bridgehead atoms. The zero-order chi connectivity index (χ0) is 16.4. The maximum Gasteiger partial charge on any atom is 0.442 e. The van der Waals surface area contributed by atoms with Crippen LogP contribution >= 0.6 is 27.3 Å². The maximum absolute atomic E-state index is 12.2. The number of amides is 1. The van der Waals surface area contributed by atoms with Gasteiger partial charge in [-0.3, -0.25) is 9.32 Å². The molecule has 1 N–H and O–H groups in total. The summed E-state index contributed by atoms with van der Waals surface area (Å²) in [7, 11) is 0. The van der Waals surface area contributed by atoms with Crippen molar-refractivity contribution in [3.63, 3.8) is 0 Å². The highest BCUT2D eigenvalue weighted by molar-refractivity contribution is 9.10. The molecule has 0 fully saturated rings. The van der Waals surface area contributed by atoms with Crippen LogP contribution in [0.15, 0.2) is 49.5 Å². The van der Waals surface area contributed by atoms with Gasteiger partial charge >= 0.3 is 5.76 Å². The van der Waals surface area contributed by atoms with Gasteiger partial charge in [0.2, 0.25) is 5.91 Å². The number of carbonyl (C=O) groups excluding carboxylic acids is 1. The number of hydrogen-bond donors (Lipinski definition) is 1. The van der Waals surface area contributed by atoms with Gasteiger partial charge in [0.05, 0.1) is 10.6 Å². The van der Waals surface area contributed by atoms with Gasteiger partial charge in [-0.15, -0.1) is 11.3 Å². The summed E-state index contributed by atoms with van der Waals surface area (Å²) in [6.45, 7) is 1.79. The zero-order valence-corrected chi connectivity index (χ0v) is 14.5. The number of carbonyl (C=O) groups is 1. The number of nitrogens with zero attached hydrogens (tertiary/aromatic N) is 2. The van der Waals surface area contributed by atoms with Gasteiger partial charge in [-0.1, -0.05) is 17.3 Å². The second-order valence-corrected chi connectivity index (χ2v) is 6.67. The van der Waals surface area contributed by atoms with E-state index in [1.54, 1.807) is 6.07 Å². The lowest BCUT2D eigenvalue weighted by Gasteiger charge is -2.08. The minimum atomic E-state index is -0.661. The Morgan fingerprint density at radius 3 is 2.96 bits per heavy atom. The first kappa shape index (κ1) is 15.7. The molecular weight excluding hydrogens is 382 g/mol. The molecule has 0 spiro atoms. The summed E-state index contributed by atoms with van der Waals surface area (Å²) in [6.07, 6.45) is 0. The standard InChI is InChI=1S/C15H12BrN3O3S/c1-9-4-5-11(10(16)7-9)17-13(20)8-19-14(18-22-15(19)21)12-3-2-6-23-12/h2-7H,8H2,1H3,(H,17,20). The van der Waals surface area contributed by atoms with Gasteiger partial charge in [-0.25, -0.2) is 9.36 Å². The molecule has 0 radical (unpaired) electrons. The van der Waals surface area contributed by atoms with E-state index in [9.17, 15) is 9.59 Å². The van der Waals surface area contributed by atoms with Crippen molar-refractivity contribution >= 4 is 38.9 Å². The van der Waals surface area contributed by atoms with E-state index in [2.05, 4.69) is 30.9 Å². The van der Waals surface area contributed by atoms with Crippen LogP contribution < -0.4 is 11.1 Å². The molecule has 2 aromatic heterocycles. The fraction of sp³-hybridized carbons (Fsp3) is 0.133. The highest BCUT2D eigenvalue weighted by Crippen LogP contribution is 2.24. The Morgan fingerprint density at radius 1 is 1.43 bits per heavy atom. The van der Waals surface area contributed by atoms with Gasteiger partial charge in [0.25, 0.3) is 0 Å². The fourth-order valence-corrected chi connectivity index (χ4v) is 3.35. The van der Waals surface area contributed by atoms with Crippen LogP contribution in [0, 0.1) is 6.92 Å². The summed E-state index contributed by atoms with van der Waals surface area (Å²) >= 11 is 4.82. The number of thiophene rings is 1. The predicted octanol–water partition coefficient (Wildman–Crippen LogP) is 3.27. The van der Waals surface area contributed by atoms with Crippen LogP contribution in [-0.4, -0.2) is 15.6 Å². The summed E-state index contributed by atoms with van der Waals surface area (Å²) in [5, 5.41) is 8.37. The van der Waals surface area contributed by atoms with Crippen LogP contribution in [0.5, 0.6) is 0 Å². The largest absolute Gasteiger partial charge is 0.442 e. The molecular formula is C15H12BrN3O3S. The van der Waals surface area contributed by atoms with Gasteiger partial charge in [0.15, 0.2) is 5.82 Å². The molecule has 3 aromatic rings. The molecule has 0 atom stereocenters. The van der Waals surface area contributed by atoms with E-state index in [4.69, 9.17) is 0 Å². The van der Waals surface area contributed by atoms with Crippen molar-refractivity contribution in [2.45, 2.75) is 13.5 Å². The van der Waals surface area contributed by atoms with Gasteiger partial charge in [-0.05, 0) is 52.0 Å². The number of halogens is 1. The zero-order valence-electron chi connectivity index (χ0n) is 12.1. The van der Waals surface area contributed by atoms with E-state index in [1.165, 1.54) is 15.9 Å². The van der Waals surface area contributed by atoms with E-state index in [1.807, 2.05) is 36.6 Å². The Balaban J connectivity index is 1.81. The molecule has 118 valence electrons. The maximum atomic E-state index is 12.2. The average Bonchev–Trinajstić information content (AvgIpc) is 3.13. The van der Waals surface area contributed by atoms with E-state index in [-0.39, 0.29) is 12.5 Å². The highest BCUT2D eigenvalue weighted by atomic mass is 79.9. The minimum Gasteiger partial charge on any atom is -0.323 e. The summed E-state index contributed by atoms with van der Waals surface area (Å²) in [4.78, 5) is 24.8. The molecule has 0 saturated carbocycles. The third-order valence-corrected chi connectivity index (χ3v) is 4.65. The lowest BCUT2D eigenvalue weighted by atomic mass is 10.2. The number of nitrogens with one attached hydrogen (secondary N) is 1. The van der Waals surface area contributed by atoms with Crippen molar-refractivity contribution in [1.29, 1.82) is 0 Å². The topological polar surface area (TPSA) is 77.1 Å². The number of aryl methyl sites for hydroxylation is 1. The van der Waals surface area contributed by atoms with E-state index < -0.39 is 5.76 Å². The summed E-state index contributed by atoms with van der Waals surface area (Å²) in [5.41, 5.74) is 1.72.